The molecule has 1 unspecified atom stereocenters. The quantitative estimate of drug-likeness (QED) is 0.146. The Morgan fingerprint density at radius 1 is 1.02 bits per heavy atom. The van der Waals surface area contributed by atoms with Crippen molar-refractivity contribution in [3.05, 3.63) is 71.4 Å². The molecule has 40 heavy (non-hydrogen) atoms. The number of hydrogen-bond donors (Lipinski definition) is 0. The number of methoxy groups -OCH3 is 1. The number of nitrogens with zero attached hydrogens (tertiary/aromatic N) is 1. The Labute approximate surface area is 233 Å². The van der Waals surface area contributed by atoms with E-state index in [2.05, 4.69) is 9.72 Å². The lowest BCUT2D eigenvalue weighted by Crippen LogP contribution is -2.17. The molecule has 210 valence electrons. The van der Waals surface area contributed by atoms with Crippen molar-refractivity contribution in [3.63, 3.8) is 0 Å². The van der Waals surface area contributed by atoms with Gasteiger partial charge in [0.15, 0.2) is 5.75 Å². The molecule has 3 aromatic carbocycles. The Balaban J connectivity index is 1.95. The molecule has 1 aromatic heterocycles. The molecule has 0 aliphatic heterocycles. The highest BCUT2D eigenvalue weighted by molar-refractivity contribution is 6.33. The number of alkyl halides is 3. The van der Waals surface area contributed by atoms with Crippen molar-refractivity contribution in [2.45, 2.75) is 33.6 Å². The van der Waals surface area contributed by atoms with E-state index in [4.69, 9.17) is 30.8 Å². The number of para-hydroxylation sites is 1. The fraction of sp³-hybridized carbons (Fsp3) is 0.241. The highest BCUT2D eigenvalue weighted by atomic mass is 35.5. The number of rotatable bonds is 9. The number of aromatic nitrogens is 1. The van der Waals surface area contributed by atoms with Crippen LogP contribution in [0.5, 0.6) is 28.7 Å². The second-order valence-corrected chi connectivity index (χ2v) is 9.23. The molecule has 11 heteroatoms. The molecule has 0 saturated heterocycles. The van der Waals surface area contributed by atoms with Gasteiger partial charge in [0.25, 0.3) is 0 Å². The van der Waals surface area contributed by atoms with Crippen LogP contribution in [0.15, 0.2) is 60.7 Å². The highest BCUT2D eigenvalue weighted by Gasteiger charge is 2.32. The zero-order chi connectivity index (χ0) is 29.0. The highest BCUT2D eigenvalue weighted by Crippen LogP contribution is 2.46. The number of ether oxygens (including phenoxy) is 3. The largest absolute Gasteiger partial charge is 0.573 e. The fourth-order valence-electron chi connectivity index (χ4n) is 3.85. The van der Waals surface area contributed by atoms with E-state index in [-0.39, 0.29) is 16.5 Å². The summed E-state index contributed by atoms with van der Waals surface area (Å²) in [6.07, 6.45) is -4.40. The van der Waals surface area contributed by atoms with E-state index in [9.17, 15) is 18.0 Å². The van der Waals surface area contributed by atoms with E-state index in [0.717, 1.165) is 12.1 Å². The molecule has 7 nitrogen and oxygen atoms in total. The summed E-state index contributed by atoms with van der Waals surface area (Å²) >= 11 is 6.41. The molecule has 0 fully saturated rings. The standard InChI is InChI=1S/C29H25ClF3NO6/c1-5-16(2)28(35)40-39-27-21-14-22(30)25(36-4)15-23(21)34-17(3)26(27)20-12-11-19(38-29(31,32)33)13-24(20)37-18-9-7-6-8-10-18/h6-16H,5H2,1-4H3. The van der Waals surface area contributed by atoms with Crippen molar-refractivity contribution in [1.82, 2.24) is 4.98 Å². The van der Waals surface area contributed by atoms with Crippen LogP contribution in [0, 0.1) is 12.8 Å². The third-order valence-electron chi connectivity index (χ3n) is 6.04. The van der Waals surface area contributed by atoms with Crippen LogP contribution in [0.2, 0.25) is 5.02 Å². The second-order valence-electron chi connectivity index (χ2n) is 8.82. The predicted octanol–water partition coefficient (Wildman–Crippen LogP) is 8.45. The number of fused-ring (bicyclic) bond motifs is 1. The smallest absolute Gasteiger partial charge is 0.495 e. The molecule has 0 aliphatic rings. The first kappa shape index (κ1) is 28.8. The minimum Gasteiger partial charge on any atom is -0.495 e. The fourth-order valence-corrected chi connectivity index (χ4v) is 4.09. The average Bonchev–Trinajstić information content (AvgIpc) is 2.91. The minimum absolute atomic E-state index is 0.00918. The topological polar surface area (TPSA) is 76.1 Å². The Bertz CT molecular complexity index is 1530. The zero-order valence-electron chi connectivity index (χ0n) is 22.0. The van der Waals surface area contributed by atoms with Gasteiger partial charge in [0.05, 0.1) is 34.5 Å². The summed E-state index contributed by atoms with van der Waals surface area (Å²) in [6, 6.07) is 15.2. The average molecular weight is 576 g/mol. The molecular weight excluding hydrogens is 551 g/mol. The summed E-state index contributed by atoms with van der Waals surface area (Å²) in [5.41, 5.74) is 1.41. The van der Waals surface area contributed by atoms with Crippen LogP contribution in [-0.4, -0.2) is 24.4 Å². The molecule has 4 rings (SSSR count). The van der Waals surface area contributed by atoms with Crippen molar-refractivity contribution < 1.29 is 42.0 Å². The Kier molecular flexibility index (Phi) is 8.58. The summed E-state index contributed by atoms with van der Waals surface area (Å²) in [6.45, 7) is 5.19. The first-order valence-corrected chi connectivity index (χ1v) is 12.6. The van der Waals surface area contributed by atoms with Crippen LogP contribution < -0.4 is 19.1 Å². The van der Waals surface area contributed by atoms with Crippen molar-refractivity contribution in [3.8, 4) is 39.9 Å². The van der Waals surface area contributed by atoms with Gasteiger partial charge in [0.2, 0.25) is 0 Å². The normalized spacial score (nSPS) is 12.1. The number of carbonyl (C=O) groups is 1. The zero-order valence-corrected chi connectivity index (χ0v) is 22.7. The van der Waals surface area contributed by atoms with Crippen LogP contribution in [0.1, 0.15) is 26.0 Å². The van der Waals surface area contributed by atoms with Crippen LogP contribution in [-0.2, 0) is 9.68 Å². The van der Waals surface area contributed by atoms with Gasteiger partial charge in [-0.05, 0) is 43.7 Å². The maximum atomic E-state index is 13.0. The predicted molar refractivity (Wildman–Crippen MR) is 143 cm³/mol. The van der Waals surface area contributed by atoms with Crippen LogP contribution in [0.4, 0.5) is 13.2 Å². The van der Waals surface area contributed by atoms with Crippen LogP contribution in [0.3, 0.4) is 0 Å². The van der Waals surface area contributed by atoms with Gasteiger partial charge in [-0.15, -0.1) is 13.2 Å². The number of aryl methyl sites for hydroxylation is 1. The van der Waals surface area contributed by atoms with Gasteiger partial charge >= 0.3 is 12.3 Å². The Hall–Kier alpha value is -4.18. The third kappa shape index (κ3) is 6.51. The molecule has 1 atom stereocenters. The van der Waals surface area contributed by atoms with Crippen molar-refractivity contribution in [2.75, 3.05) is 7.11 Å². The van der Waals surface area contributed by atoms with E-state index in [0.29, 0.717) is 45.6 Å². The molecule has 0 bridgehead atoms. The summed E-state index contributed by atoms with van der Waals surface area (Å²) in [7, 11) is 1.46. The molecular formula is C29H25ClF3NO6. The first-order valence-electron chi connectivity index (χ1n) is 12.2. The van der Waals surface area contributed by atoms with Gasteiger partial charge in [-0.25, -0.2) is 4.79 Å². The molecule has 0 spiro atoms. The van der Waals surface area contributed by atoms with Crippen LogP contribution in [0.25, 0.3) is 22.0 Å². The summed E-state index contributed by atoms with van der Waals surface area (Å²) in [4.78, 5) is 28.0. The van der Waals surface area contributed by atoms with Crippen LogP contribution >= 0.6 is 11.6 Å². The molecule has 0 radical (unpaired) electrons. The Morgan fingerprint density at radius 2 is 1.75 bits per heavy atom. The van der Waals surface area contributed by atoms with E-state index in [1.54, 1.807) is 50.2 Å². The number of carbonyl (C=O) groups excluding carboxylic acids is 1. The van der Waals surface area contributed by atoms with Crippen molar-refractivity contribution in [2.24, 2.45) is 5.92 Å². The number of hydrogen-bond acceptors (Lipinski definition) is 7. The molecule has 0 amide bonds. The summed E-state index contributed by atoms with van der Waals surface area (Å²) < 4.78 is 54.5. The maximum Gasteiger partial charge on any atom is 0.573 e. The number of pyridine rings is 1. The monoisotopic (exact) mass is 575 g/mol. The molecule has 0 saturated carbocycles. The van der Waals surface area contributed by atoms with Gasteiger partial charge < -0.3 is 14.2 Å². The summed E-state index contributed by atoms with van der Waals surface area (Å²) in [5, 5.41) is 0.601. The van der Waals surface area contributed by atoms with Gasteiger partial charge in [0.1, 0.15) is 23.0 Å². The number of halogens is 4. The van der Waals surface area contributed by atoms with E-state index in [1.807, 2.05) is 6.92 Å². The van der Waals surface area contributed by atoms with Gasteiger partial charge in [-0.1, -0.05) is 43.6 Å². The summed E-state index contributed by atoms with van der Waals surface area (Å²) in [5.74, 6) is -0.758. The van der Waals surface area contributed by atoms with Crippen molar-refractivity contribution >= 4 is 28.5 Å². The van der Waals surface area contributed by atoms with Crippen molar-refractivity contribution in [1.29, 1.82) is 0 Å². The van der Waals surface area contributed by atoms with Gasteiger partial charge in [-0.2, -0.15) is 0 Å². The molecule has 4 aromatic rings. The number of benzene rings is 3. The molecule has 0 aliphatic carbocycles. The first-order chi connectivity index (χ1) is 19.0. The lowest BCUT2D eigenvalue weighted by molar-refractivity contribution is -0.274. The second kappa shape index (κ2) is 11.9. The van der Waals surface area contributed by atoms with E-state index in [1.165, 1.54) is 19.2 Å². The molecule has 0 N–H and O–H groups in total. The lowest BCUT2D eigenvalue weighted by Gasteiger charge is -2.19. The van der Waals surface area contributed by atoms with E-state index < -0.39 is 24.0 Å². The molecule has 1 heterocycles. The van der Waals surface area contributed by atoms with E-state index >= 15 is 0 Å². The minimum atomic E-state index is -4.92. The third-order valence-corrected chi connectivity index (χ3v) is 6.34. The maximum absolute atomic E-state index is 13.0. The Morgan fingerprint density at radius 3 is 2.40 bits per heavy atom. The van der Waals surface area contributed by atoms with Gasteiger partial charge in [-0.3, -0.25) is 14.8 Å². The lowest BCUT2D eigenvalue weighted by atomic mass is 9.99. The van der Waals surface area contributed by atoms with Gasteiger partial charge in [0, 0.05) is 23.4 Å². The SMILES string of the molecule is CCC(C)C(=O)OOc1c(-c2ccc(OC(F)(F)F)cc2Oc2ccccc2)c(C)nc2cc(OC)c(Cl)cc12.